The Kier molecular flexibility index (Phi) is 4.60. The number of benzene rings is 2. The van der Waals surface area contributed by atoms with Gasteiger partial charge in [0, 0.05) is 12.6 Å². The first-order chi connectivity index (χ1) is 12.1. The SMILES string of the molecule is COc1ccc(CCNc2cc3nc[nH]c(=O)c3cc2[N+](=O)[O-])cc1. The molecule has 0 atom stereocenters. The highest BCUT2D eigenvalue weighted by Crippen LogP contribution is 2.27. The second-order valence-electron chi connectivity index (χ2n) is 5.40. The number of nitrogens with one attached hydrogen (secondary N) is 2. The maximum Gasteiger partial charge on any atom is 0.293 e. The van der Waals surface area contributed by atoms with Crippen LogP contribution in [0.15, 0.2) is 47.5 Å². The van der Waals surface area contributed by atoms with Crippen molar-refractivity contribution in [2.45, 2.75) is 6.42 Å². The topological polar surface area (TPSA) is 110 Å². The second-order valence-corrected chi connectivity index (χ2v) is 5.40. The van der Waals surface area contributed by atoms with E-state index in [4.69, 9.17) is 4.74 Å². The minimum Gasteiger partial charge on any atom is -0.497 e. The summed E-state index contributed by atoms with van der Waals surface area (Å²) < 4.78 is 5.11. The fourth-order valence-electron chi connectivity index (χ4n) is 2.53. The van der Waals surface area contributed by atoms with E-state index in [1.165, 1.54) is 18.5 Å². The number of hydrogen-bond donors (Lipinski definition) is 2. The molecule has 128 valence electrons. The van der Waals surface area contributed by atoms with Crippen molar-refractivity contribution in [1.82, 2.24) is 9.97 Å². The van der Waals surface area contributed by atoms with E-state index < -0.39 is 10.5 Å². The molecule has 0 radical (unpaired) electrons. The highest BCUT2D eigenvalue weighted by molar-refractivity contribution is 5.86. The van der Waals surface area contributed by atoms with Crippen LogP contribution in [0.3, 0.4) is 0 Å². The van der Waals surface area contributed by atoms with E-state index in [2.05, 4.69) is 15.3 Å². The molecule has 0 spiro atoms. The van der Waals surface area contributed by atoms with Gasteiger partial charge in [0.2, 0.25) is 0 Å². The van der Waals surface area contributed by atoms with E-state index in [0.29, 0.717) is 24.2 Å². The predicted molar refractivity (Wildman–Crippen MR) is 94.2 cm³/mol. The summed E-state index contributed by atoms with van der Waals surface area (Å²) in [6.45, 7) is 0.502. The maximum absolute atomic E-state index is 11.8. The Morgan fingerprint density at radius 3 is 2.72 bits per heavy atom. The normalized spacial score (nSPS) is 10.6. The van der Waals surface area contributed by atoms with E-state index >= 15 is 0 Å². The number of rotatable bonds is 6. The number of ether oxygens (including phenoxy) is 1. The molecule has 0 aliphatic carbocycles. The quantitative estimate of drug-likeness (QED) is 0.527. The van der Waals surface area contributed by atoms with Crippen LogP contribution in [0.5, 0.6) is 5.75 Å². The van der Waals surface area contributed by atoms with Crippen molar-refractivity contribution in [2.75, 3.05) is 19.0 Å². The van der Waals surface area contributed by atoms with Crippen molar-refractivity contribution >= 4 is 22.3 Å². The van der Waals surface area contributed by atoms with Crippen LogP contribution >= 0.6 is 0 Å². The van der Waals surface area contributed by atoms with Gasteiger partial charge in [-0.25, -0.2) is 4.98 Å². The lowest BCUT2D eigenvalue weighted by molar-refractivity contribution is -0.383. The number of fused-ring (bicyclic) bond motifs is 1. The molecular weight excluding hydrogens is 324 g/mol. The second kappa shape index (κ2) is 7.00. The lowest BCUT2D eigenvalue weighted by atomic mass is 10.1. The first kappa shape index (κ1) is 16.4. The zero-order chi connectivity index (χ0) is 17.8. The van der Waals surface area contributed by atoms with E-state index in [0.717, 1.165) is 11.3 Å². The smallest absolute Gasteiger partial charge is 0.293 e. The lowest BCUT2D eigenvalue weighted by Crippen LogP contribution is -2.10. The zero-order valence-electron chi connectivity index (χ0n) is 13.5. The summed E-state index contributed by atoms with van der Waals surface area (Å²) in [5, 5.41) is 14.5. The molecule has 0 saturated heterocycles. The molecular formula is C17H16N4O4. The van der Waals surface area contributed by atoms with Gasteiger partial charge in [-0.15, -0.1) is 0 Å². The van der Waals surface area contributed by atoms with Crippen molar-refractivity contribution in [3.63, 3.8) is 0 Å². The van der Waals surface area contributed by atoms with Gasteiger partial charge < -0.3 is 15.0 Å². The highest BCUT2D eigenvalue weighted by Gasteiger charge is 2.16. The number of aromatic nitrogens is 2. The van der Waals surface area contributed by atoms with Gasteiger partial charge in [-0.2, -0.15) is 0 Å². The number of anilines is 1. The van der Waals surface area contributed by atoms with Crippen LogP contribution in [0.2, 0.25) is 0 Å². The van der Waals surface area contributed by atoms with Crippen molar-refractivity contribution in [1.29, 1.82) is 0 Å². The van der Waals surface area contributed by atoms with Crippen LogP contribution in [0, 0.1) is 10.1 Å². The third-order valence-corrected chi connectivity index (χ3v) is 3.84. The molecule has 8 heteroatoms. The van der Waals surface area contributed by atoms with Crippen LogP contribution in [0.1, 0.15) is 5.56 Å². The van der Waals surface area contributed by atoms with E-state index in [1.54, 1.807) is 7.11 Å². The third-order valence-electron chi connectivity index (χ3n) is 3.84. The van der Waals surface area contributed by atoms with Crippen molar-refractivity contribution in [2.24, 2.45) is 0 Å². The highest BCUT2D eigenvalue weighted by atomic mass is 16.6. The molecule has 25 heavy (non-hydrogen) atoms. The Labute approximate surface area is 142 Å². The average Bonchev–Trinajstić information content (AvgIpc) is 2.62. The van der Waals surface area contributed by atoms with Crippen LogP contribution in [0.4, 0.5) is 11.4 Å². The van der Waals surface area contributed by atoms with Crippen LogP contribution < -0.4 is 15.6 Å². The molecule has 3 rings (SSSR count). The van der Waals surface area contributed by atoms with Gasteiger partial charge in [-0.05, 0) is 30.2 Å². The molecule has 0 amide bonds. The molecule has 2 aromatic carbocycles. The molecule has 0 unspecified atom stereocenters. The van der Waals surface area contributed by atoms with Crippen molar-refractivity contribution in [3.05, 3.63) is 68.8 Å². The summed E-state index contributed by atoms with van der Waals surface area (Å²) in [5.74, 6) is 0.776. The van der Waals surface area contributed by atoms with Crippen LogP contribution in [0.25, 0.3) is 10.9 Å². The van der Waals surface area contributed by atoms with E-state index in [1.807, 2.05) is 24.3 Å². The van der Waals surface area contributed by atoms with Crippen molar-refractivity contribution < 1.29 is 9.66 Å². The fourth-order valence-corrected chi connectivity index (χ4v) is 2.53. The number of H-pyrrole nitrogens is 1. The lowest BCUT2D eigenvalue weighted by Gasteiger charge is -2.09. The number of nitrogens with zero attached hydrogens (tertiary/aromatic N) is 2. The summed E-state index contributed by atoms with van der Waals surface area (Å²) in [6.07, 6.45) is 1.96. The van der Waals surface area contributed by atoms with Gasteiger partial charge >= 0.3 is 0 Å². The molecule has 3 aromatic rings. The monoisotopic (exact) mass is 340 g/mol. The van der Waals surface area contributed by atoms with Gasteiger partial charge in [-0.3, -0.25) is 14.9 Å². The molecule has 1 aromatic heterocycles. The Balaban J connectivity index is 1.81. The number of nitro groups is 1. The summed E-state index contributed by atoms with van der Waals surface area (Å²) in [5.41, 5.74) is 1.26. The molecule has 0 saturated carbocycles. The summed E-state index contributed by atoms with van der Waals surface area (Å²) >= 11 is 0. The van der Waals surface area contributed by atoms with Gasteiger partial charge in [0.25, 0.3) is 11.2 Å². The molecule has 1 heterocycles. The van der Waals surface area contributed by atoms with Gasteiger partial charge in [0.1, 0.15) is 11.4 Å². The summed E-state index contributed by atoms with van der Waals surface area (Å²) in [4.78, 5) is 29.0. The van der Waals surface area contributed by atoms with Gasteiger partial charge in [0.05, 0.1) is 29.3 Å². The first-order valence-electron chi connectivity index (χ1n) is 7.61. The Hall–Kier alpha value is -3.42. The van der Waals surface area contributed by atoms with E-state index in [9.17, 15) is 14.9 Å². The van der Waals surface area contributed by atoms with E-state index in [-0.39, 0.29) is 11.1 Å². The minimum absolute atomic E-state index is 0.152. The van der Waals surface area contributed by atoms with Gasteiger partial charge in [0.15, 0.2) is 0 Å². The third kappa shape index (κ3) is 3.57. The molecule has 0 fully saturated rings. The Bertz CT molecular complexity index is 967. The summed E-state index contributed by atoms with van der Waals surface area (Å²) in [6, 6.07) is 10.4. The van der Waals surface area contributed by atoms with Crippen LogP contribution in [-0.4, -0.2) is 28.5 Å². The predicted octanol–water partition coefficient (Wildman–Crippen LogP) is 2.49. The van der Waals surface area contributed by atoms with Crippen LogP contribution in [-0.2, 0) is 6.42 Å². The largest absolute Gasteiger partial charge is 0.497 e. The van der Waals surface area contributed by atoms with Gasteiger partial charge in [-0.1, -0.05) is 12.1 Å². The number of nitro benzene ring substituents is 1. The van der Waals surface area contributed by atoms with Crippen molar-refractivity contribution in [3.8, 4) is 5.75 Å². The number of hydrogen-bond acceptors (Lipinski definition) is 6. The zero-order valence-corrected chi connectivity index (χ0v) is 13.5. The minimum atomic E-state index is -0.512. The first-order valence-corrected chi connectivity index (χ1v) is 7.61. The molecule has 0 aliphatic rings. The standard InChI is InChI=1S/C17H16N4O4/c1-25-12-4-2-11(3-5-12)6-7-18-15-9-14-13(8-16(15)21(23)24)17(22)20-10-19-14/h2-5,8-10,18H,6-7H2,1H3,(H,19,20,22). The average molecular weight is 340 g/mol. The molecule has 8 nitrogen and oxygen atoms in total. The maximum atomic E-state index is 11.8. The number of methoxy groups -OCH3 is 1. The molecule has 0 bridgehead atoms. The Morgan fingerprint density at radius 1 is 1.28 bits per heavy atom. The number of aromatic amines is 1. The molecule has 2 N–H and O–H groups in total. The Morgan fingerprint density at radius 2 is 2.04 bits per heavy atom. The molecule has 0 aliphatic heterocycles. The fraction of sp³-hybridized carbons (Fsp3) is 0.176. The summed E-state index contributed by atoms with van der Waals surface area (Å²) in [7, 11) is 1.61.